The zero-order chi connectivity index (χ0) is 15.6. The second-order valence-electron chi connectivity index (χ2n) is 4.82. The Bertz CT molecular complexity index is 741. The van der Waals surface area contributed by atoms with E-state index in [0.717, 1.165) is 15.4 Å². The lowest BCUT2D eigenvalue weighted by Crippen LogP contribution is -2.04. The molecule has 0 heterocycles. The van der Waals surface area contributed by atoms with E-state index in [2.05, 4.69) is 0 Å². The summed E-state index contributed by atoms with van der Waals surface area (Å²) in [6.45, 7) is 1.91. The maximum atomic E-state index is 11.4. The van der Waals surface area contributed by atoms with E-state index in [0.29, 0.717) is 9.92 Å². The molecule has 21 heavy (non-hydrogen) atoms. The van der Waals surface area contributed by atoms with E-state index in [4.69, 9.17) is 17.3 Å². The molecule has 2 aromatic rings. The number of benzene rings is 2. The molecule has 0 amide bonds. The summed E-state index contributed by atoms with van der Waals surface area (Å²) in [5.41, 5.74) is 6.80. The third-order valence-electron chi connectivity index (χ3n) is 2.96. The quantitative estimate of drug-likeness (QED) is 0.915. The Labute approximate surface area is 134 Å². The smallest absolute Gasteiger partial charge is 0.175 e. The van der Waals surface area contributed by atoms with Gasteiger partial charge in [0.2, 0.25) is 0 Å². The Morgan fingerprint density at radius 2 is 1.76 bits per heavy atom. The van der Waals surface area contributed by atoms with Crippen molar-refractivity contribution >= 4 is 33.2 Å². The van der Waals surface area contributed by atoms with E-state index in [9.17, 15) is 8.42 Å². The standard InChI is InChI=1S/C15H16ClNO2S2/c1-10(17)11-3-8-15(14(16)9-11)20-12-4-6-13(7-5-12)21(2,18)19/h3-10H,17H2,1-2H3/t10-/m0/s1. The van der Waals surface area contributed by atoms with Crippen LogP contribution in [-0.2, 0) is 9.84 Å². The van der Waals surface area contributed by atoms with Crippen molar-refractivity contribution in [1.29, 1.82) is 0 Å². The fourth-order valence-electron chi connectivity index (χ4n) is 1.76. The summed E-state index contributed by atoms with van der Waals surface area (Å²) in [5, 5.41) is 0.641. The topological polar surface area (TPSA) is 60.2 Å². The van der Waals surface area contributed by atoms with Crippen molar-refractivity contribution in [1.82, 2.24) is 0 Å². The molecule has 0 radical (unpaired) electrons. The zero-order valence-corrected chi connectivity index (χ0v) is 14.1. The lowest BCUT2D eigenvalue weighted by molar-refractivity contribution is 0.602. The van der Waals surface area contributed by atoms with Gasteiger partial charge in [-0.3, -0.25) is 0 Å². The maximum absolute atomic E-state index is 11.4. The van der Waals surface area contributed by atoms with E-state index in [-0.39, 0.29) is 6.04 Å². The SMILES string of the molecule is C[C@H](N)c1ccc(Sc2ccc(S(C)(=O)=O)cc2)c(Cl)c1. The fraction of sp³-hybridized carbons (Fsp3) is 0.200. The summed E-state index contributed by atoms with van der Waals surface area (Å²) in [6, 6.07) is 12.4. The molecule has 0 aliphatic heterocycles. The van der Waals surface area contributed by atoms with Gasteiger partial charge in [-0.25, -0.2) is 8.42 Å². The van der Waals surface area contributed by atoms with Gasteiger partial charge >= 0.3 is 0 Å². The summed E-state index contributed by atoms with van der Waals surface area (Å²) in [4.78, 5) is 2.15. The Kier molecular flexibility index (Phi) is 4.99. The number of halogens is 1. The molecular formula is C15H16ClNO2S2. The molecule has 0 saturated carbocycles. The fourth-order valence-corrected chi connectivity index (χ4v) is 3.52. The van der Waals surface area contributed by atoms with Gasteiger partial charge in [0.25, 0.3) is 0 Å². The predicted octanol–water partition coefficient (Wildman–Crippen LogP) is 3.91. The van der Waals surface area contributed by atoms with Gasteiger partial charge in [0, 0.05) is 22.1 Å². The van der Waals surface area contributed by atoms with Crippen molar-refractivity contribution in [3.05, 3.63) is 53.1 Å². The zero-order valence-electron chi connectivity index (χ0n) is 11.7. The van der Waals surface area contributed by atoms with Gasteiger partial charge in [-0.05, 0) is 48.9 Å². The van der Waals surface area contributed by atoms with Gasteiger partial charge < -0.3 is 5.73 Å². The van der Waals surface area contributed by atoms with Gasteiger partial charge in [-0.2, -0.15) is 0 Å². The molecule has 0 unspecified atom stereocenters. The van der Waals surface area contributed by atoms with Crippen LogP contribution in [0.4, 0.5) is 0 Å². The molecule has 0 aliphatic rings. The molecule has 0 aromatic heterocycles. The van der Waals surface area contributed by atoms with Crippen LogP contribution in [0.5, 0.6) is 0 Å². The highest BCUT2D eigenvalue weighted by atomic mass is 35.5. The number of rotatable bonds is 4. The Hall–Kier alpha value is -1.01. The maximum Gasteiger partial charge on any atom is 0.175 e. The van der Waals surface area contributed by atoms with E-state index in [1.54, 1.807) is 24.3 Å². The molecule has 0 bridgehead atoms. The Morgan fingerprint density at radius 3 is 2.24 bits per heavy atom. The first-order chi connectivity index (χ1) is 9.77. The van der Waals surface area contributed by atoms with Crippen LogP contribution in [0.25, 0.3) is 0 Å². The molecular weight excluding hydrogens is 326 g/mol. The first-order valence-corrected chi connectivity index (χ1v) is 9.39. The van der Waals surface area contributed by atoms with Crippen LogP contribution >= 0.6 is 23.4 Å². The van der Waals surface area contributed by atoms with Gasteiger partial charge in [0.1, 0.15) is 0 Å². The molecule has 6 heteroatoms. The number of hydrogen-bond donors (Lipinski definition) is 1. The summed E-state index contributed by atoms with van der Waals surface area (Å²) in [6.07, 6.45) is 1.19. The summed E-state index contributed by atoms with van der Waals surface area (Å²) in [7, 11) is -3.16. The van der Waals surface area contributed by atoms with Gasteiger partial charge in [-0.1, -0.05) is 29.4 Å². The summed E-state index contributed by atoms with van der Waals surface area (Å²) >= 11 is 7.74. The number of sulfone groups is 1. The average Bonchev–Trinajstić information content (AvgIpc) is 2.40. The first kappa shape index (κ1) is 16.4. The van der Waals surface area contributed by atoms with Crippen LogP contribution in [0.1, 0.15) is 18.5 Å². The molecule has 112 valence electrons. The van der Waals surface area contributed by atoms with Gasteiger partial charge in [-0.15, -0.1) is 0 Å². The molecule has 3 nitrogen and oxygen atoms in total. The minimum absolute atomic E-state index is 0.0596. The molecule has 2 rings (SSSR count). The second kappa shape index (κ2) is 6.40. The van der Waals surface area contributed by atoms with Crippen LogP contribution in [0.15, 0.2) is 57.2 Å². The third kappa shape index (κ3) is 4.23. The molecule has 0 aliphatic carbocycles. The van der Waals surface area contributed by atoms with Crippen LogP contribution in [0.3, 0.4) is 0 Å². The molecule has 2 N–H and O–H groups in total. The highest BCUT2D eigenvalue weighted by Crippen LogP contribution is 2.34. The average molecular weight is 342 g/mol. The summed E-state index contributed by atoms with van der Waals surface area (Å²) < 4.78 is 22.8. The van der Waals surface area contributed by atoms with Crippen LogP contribution in [0.2, 0.25) is 5.02 Å². The van der Waals surface area contributed by atoms with Crippen LogP contribution in [-0.4, -0.2) is 14.7 Å². The monoisotopic (exact) mass is 341 g/mol. The van der Waals surface area contributed by atoms with E-state index in [1.807, 2.05) is 25.1 Å². The Balaban J connectivity index is 2.22. The highest BCUT2D eigenvalue weighted by Gasteiger charge is 2.09. The van der Waals surface area contributed by atoms with Crippen LogP contribution in [0, 0.1) is 0 Å². The van der Waals surface area contributed by atoms with Gasteiger partial charge in [0.15, 0.2) is 9.84 Å². The molecule has 1 atom stereocenters. The lowest BCUT2D eigenvalue weighted by atomic mass is 10.1. The lowest BCUT2D eigenvalue weighted by Gasteiger charge is -2.09. The third-order valence-corrected chi connectivity index (χ3v) is 5.60. The van der Waals surface area contributed by atoms with E-state index in [1.165, 1.54) is 18.0 Å². The van der Waals surface area contributed by atoms with Crippen molar-refractivity contribution in [3.63, 3.8) is 0 Å². The molecule has 0 fully saturated rings. The molecule has 0 saturated heterocycles. The van der Waals surface area contributed by atoms with Crippen molar-refractivity contribution in [2.45, 2.75) is 27.7 Å². The predicted molar refractivity (Wildman–Crippen MR) is 87.7 cm³/mol. The number of nitrogens with two attached hydrogens (primary N) is 1. The van der Waals surface area contributed by atoms with Gasteiger partial charge in [0.05, 0.1) is 9.92 Å². The molecule has 2 aromatic carbocycles. The summed E-state index contributed by atoms with van der Waals surface area (Å²) in [5.74, 6) is 0. The van der Waals surface area contributed by atoms with Crippen molar-refractivity contribution in [3.8, 4) is 0 Å². The van der Waals surface area contributed by atoms with Crippen molar-refractivity contribution < 1.29 is 8.42 Å². The van der Waals surface area contributed by atoms with E-state index < -0.39 is 9.84 Å². The second-order valence-corrected chi connectivity index (χ2v) is 8.36. The van der Waals surface area contributed by atoms with E-state index >= 15 is 0 Å². The number of hydrogen-bond acceptors (Lipinski definition) is 4. The molecule has 0 spiro atoms. The Morgan fingerprint density at radius 1 is 1.14 bits per heavy atom. The normalized spacial score (nSPS) is 13.1. The minimum atomic E-state index is -3.16. The first-order valence-electron chi connectivity index (χ1n) is 6.30. The van der Waals surface area contributed by atoms with Crippen molar-refractivity contribution in [2.75, 3.05) is 6.26 Å². The highest BCUT2D eigenvalue weighted by molar-refractivity contribution is 7.99. The largest absolute Gasteiger partial charge is 0.324 e. The van der Waals surface area contributed by atoms with Crippen LogP contribution < -0.4 is 5.73 Å². The van der Waals surface area contributed by atoms with Crippen molar-refractivity contribution in [2.24, 2.45) is 5.73 Å². The minimum Gasteiger partial charge on any atom is -0.324 e.